The summed E-state index contributed by atoms with van der Waals surface area (Å²) in [5.74, 6) is -0.280. The Kier molecular flexibility index (Phi) is 6.42. The van der Waals surface area contributed by atoms with Gasteiger partial charge in [0.15, 0.2) is 5.96 Å². The van der Waals surface area contributed by atoms with Crippen LogP contribution in [0.4, 0.5) is 4.39 Å². The summed E-state index contributed by atoms with van der Waals surface area (Å²) in [6.07, 6.45) is 0.843. The number of nitrogens with zero attached hydrogens (tertiary/aromatic N) is 2. The van der Waals surface area contributed by atoms with E-state index >= 15 is 0 Å². The van der Waals surface area contributed by atoms with E-state index in [1.165, 1.54) is 13.8 Å². The summed E-state index contributed by atoms with van der Waals surface area (Å²) >= 11 is 0. The first-order valence-corrected chi connectivity index (χ1v) is 8.74. The molecule has 0 aliphatic rings. The largest absolute Gasteiger partial charge is 0.370 e. The lowest BCUT2D eigenvalue weighted by atomic mass is 9.84. The Labute approximate surface area is 161 Å². The highest BCUT2D eigenvalue weighted by Crippen LogP contribution is 2.34. The van der Waals surface area contributed by atoms with Gasteiger partial charge in [-0.3, -0.25) is 0 Å². The van der Waals surface area contributed by atoms with Crippen LogP contribution in [0.15, 0.2) is 53.5 Å². The fourth-order valence-electron chi connectivity index (χ4n) is 2.80. The number of aliphatic imine (C=N–C) groups is 1. The van der Waals surface area contributed by atoms with Crippen molar-refractivity contribution in [3.63, 3.8) is 0 Å². The zero-order valence-corrected chi connectivity index (χ0v) is 16.2. The number of guanidine groups is 1. The lowest BCUT2D eigenvalue weighted by molar-refractivity contribution is -0.109. The normalized spacial score (nSPS) is 14.5. The van der Waals surface area contributed by atoms with E-state index in [4.69, 9.17) is 13.6 Å². The van der Waals surface area contributed by atoms with Gasteiger partial charge < -0.3 is 15.4 Å². The number of halogens is 1. The van der Waals surface area contributed by atoms with Gasteiger partial charge in [0, 0.05) is 14.1 Å². The summed E-state index contributed by atoms with van der Waals surface area (Å²) in [5.41, 5.74) is 7.22. The molecule has 0 aromatic heterocycles. The summed E-state index contributed by atoms with van der Waals surface area (Å²) < 4.78 is 14.1. The predicted octanol–water partition coefficient (Wildman–Crippen LogP) is 2.59. The molecule has 0 amide bonds. The van der Waals surface area contributed by atoms with Crippen molar-refractivity contribution in [2.45, 2.75) is 31.5 Å². The van der Waals surface area contributed by atoms with Crippen molar-refractivity contribution < 1.29 is 9.18 Å². The molecular formula is C21H25BFN3O. The highest BCUT2D eigenvalue weighted by molar-refractivity contribution is 6.32. The Bertz CT molecular complexity index is 813. The third-order valence-corrected chi connectivity index (χ3v) is 4.45. The predicted molar refractivity (Wildman–Crippen MR) is 109 cm³/mol. The van der Waals surface area contributed by atoms with Gasteiger partial charge in [-0.25, -0.2) is 9.38 Å². The fourth-order valence-corrected chi connectivity index (χ4v) is 2.80. The van der Waals surface area contributed by atoms with Crippen molar-refractivity contribution in [2.24, 2.45) is 10.7 Å². The van der Waals surface area contributed by atoms with Crippen LogP contribution in [0.25, 0.3) is 0 Å². The second kappa shape index (κ2) is 8.38. The minimum absolute atomic E-state index is 0.302. The number of alkyl halides is 1. The molecule has 0 aliphatic heterocycles. The molecule has 0 spiro atoms. The monoisotopic (exact) mass is 365 g/mol. The minimum Gasteiger partial charge on any atom is -0.370 e. The first-order valence-electron chi connectivity index (χ1n) is 8.74. The SMILES string of the molecule is [B]c1cccc(C(N=C(N)N(C)C)C(C=O)c2ccc(C(C)(C)F)cc2)c1. The van der Waals surface area contributed by atoms with Gasteiger partial charge in [0.1, 0.15) is 19.8 Å². The zero-order valence-electron chi connectivity index (χ0n) is 16.2. The molecule has 0 bridgehead atoms. The van der Waals surface area contributed by atoms with Crippen LogP contribution in [0, 0.1) is 0 Å². The lowest BCUT2D eigenvalue weighted by Gasteiger charge is -2.24. The molecule has 2 unspecified atom stereocenters. The summed E-state index contributed by atoms with van der Waals surface area (Å²) in [6.45, 7) is 2.99. The maximum absolute atomic E-state index is 14.1. The third kappa shape index (κ3) is 5.19. The number of nitrogens with two attached hydrogens (primary N) is 1. The Morgan fingerprint density at radius 1 is 1.19 bits per heavy atom. The fraction of sp³-hybridized carbons (Fsp3) is 0.333. The molecule has 2 rings (SSSR count). The number of benzene rings is 2. The Balaban J connectivity index is 2.51. The van der Waals surface area contributed by atoms with Crippen LogP contribution in [0.2, 0.25) is 0 Å². The van der Waals surface area contributed by atoms with Crippen LogP contribution in [-0.2, 0) is 10.5 Å². The number of hydrogen-bond acceptors (Lipinski definition) is 2. The van der Waals surface area contributed by atoms with Crippen molar-refractivity contribution in [3.8, 4) is 0 Å². The van der Waals surface area contributed by atoms with Crippen molar-refractivity contribution in [1.82, 2.24) is 4.90 Å². The second-order valence-corrected chi connectivity index (χ2v) is 7.25. The van der Waals surface area contributed by atoms with Gasteiger partial charge in [0.2, 0.25) is 0 Å². The van der Waals surface area contributed by atoms with Crippen molar-refractivity contribution in [1.29, 1.82) is 0 Å². The maximum atomic E-state index is 14.1. The van der Waals surface area contributed by atoms with Gasteiger partial charge in [0.25, 0.3) is 0 Å². The molecule has 2 aromatic carbocycles. The van der Waals surface area contributed by atoms with Gasteiger partial charge in [0.05, 0.1) is 12.0 Å². The molecule has 0 heterocycles. The Morgan fingerprint density at radius 3 is 2.30 bits per heavy atom. The lowest BCUT2D eigenvalue weighted by Crippen LogP contribution is -2.31. The van der Waals surface area contributed by atoms with E-state index in [0.29, 0.717) is 17.0 Å². The Hall–Kier alpha value is -2.63. The summed E-state index contributed by atoms with van der Waals surface area (Å²) in [6, 6.07) is 13.6. The topological polar surface area (TPSA) is 58.7 Å². The van der Waals surface area contributed by atoms with Crippen LogP contribution in [-0.4, -0.2) is 39.1 Å². The van der Waals surface area contributed by atoms with Crippen molar-refractivity contribution in [2.75, 3.05) is 14.1 Å². The van der Waals surface area contributed by atoms with E-state index in [-0.39, 0.29) is 0 Å². The molecule has 0 fully saturated rings. The average molecular weight is 365 g/mol. The molecule has 2 atom stereocenters. The van der Waals surface area contributed by atoms with Gasteiger partial charge in [-0.15, -0.1) is 0 Å². The smallest absolute Gasteiger partial charge is 0.191 e. The zero-order chi connectivity index (χ0) is 20.2. The molecular weight excluding hydrogens is 340 g/mol. The van der Waals surface area contributed by atoms with E-state index in [9.17, 15) is 9.18 Å². The van der Waals surface area contributed by atoms with E-state index < -0.39 is 17.6 Å². The van der Waals surface area contributed by atoms with Crippen LogP contribution in [0.3, 0.4) is 0 Å². The second-order valence-electron chi connectivity index (χ2n) is 7.25. The molecule has 4 nitrogen and oxygen atoms in total. The van der Waals surface area contributed by atoms with Crippen LogP contribution >= 0.6 is 0 Å². The molecule has 2 N–H and O–H groups in total. The van der Waals surface area contributed by atoms with Gasteiger partial charge in [-0.05, 0) is 30.5 Å². The molecule has 140 valence electrons. The van der Waals surface area contributed by atoms with Crippen LogP contribution in [0.5, 0.6) is 0 Å². The van der Waals surface area contributed by atoms with Crippen molar-refractivity contribution >= 4 is 25.6 Å². The van der Waals surface area contributed by atoms with Crippen molar-refractivity contribution in [3.05, 3.63) is 65.2 Å². The first kappa shape index (κ1) is 20.7. The van der Waals surface area contributed by atoms with Gasteiger partial charge in [-0.1, -0.05) is 54.0 Å². The highest BCUT2D eigenvalue weighted by atomic mass is 19.1. The average Bonchev–Trinajstić information content (AvgIpc) is 2.61. The highest BCUT2D eigenvalue weighted by Gasteiger charge is 2.26. The summed E-state index contributed by atoms with van der Waals surface area (Å²) in [7, 11) is 9.48. The Morgan fingerprint density at radius 2 is 1.81 bits per heavy atom. The molecule has 0 saturated carbocycles. The van der Waals surface area contributed by atoms with Gasteiger partial charge >= 0.3 is 0 Å². The molecule has 0 saturated heterocycles. The first-order chi connectivity index (χ1) is 12.6. The van der Waals surface area contributed by atoms with E-state index in [1.54, 1.807) is 55.4 Å². The molecule has 6 heteroatoms. The molecule has 2 radical (unpaired) electrons. The maximum Gasteiger partial charge on any atom is 0.191 e. The van der Waals surface area contributed by atoms with E-state index in [2.05, 4.69) is 4.99 Å². The van der Waals surface area contributed by atoms with Crippen LogP contribution < -0.4 is 11.2 Å². The van der Waals surface area contributed by atoms with Gasteiger partial charge in [-0.2, -0.15) is 0 Å². The number of carbonyl (C=O) groups is 1. The number of aldehydes is 1. The standard InChI is InChI=1S/C21H25BFN3O/c1-21(2,23)16-10-8-14(9-11-16)18(13-27)19(25-20(24)26(3)4)15-6-5-7-17(22)12-15/h5-13,18-19H,1-4H3,(H2,24,25). The summed E-state index contributed by atoms with van der Waals surface area (Å²) in [4.78, 5) is 18.3. The number of hydrogen-bond donors (Lipinski definition) is 1. The quantitative estimate of drug-likeness (QED) is 0.371. The van der Waals surface area contributed by atoms with E-state index in [0.717, 1.165) is 17.4 Å². The molecule has 2 aromatic rings. The van der Waals surface area contributed by atoms with Crippen LogP contribution in [0.1, 0.15) is 42.5 Å². The molecule has 27 heavy (non-hydrogen) atoms. The minimum atomic E-state index is -1.45. The number of carbonyl (C=O) groups excluding carboxylic acids is 1. The summed E-state index contributed by atoms with van der Waals surface area (Å²) in [5, 5.41) is 0. The van der Waals surface area contributed by atoms with E-state index in [1.807, 2.05) is 12.1 Å². The molecule has 0 aliphatic carbocycles. The third-order valence-electron chi connectivity index (χ3n) is 4.45. The number of rotatable bonds is 6.